The Morgan fingerprint density at radius 2 is 1.36 bits per heavy atom. The highest BCUT2D eigenvalue weighted by atomic mass is 32.3. The molecule has 0 aromatic heterocycles. The Hall–Kier alpha value is -0.0900. The Balaban J connectivity index is 0. The smallest absolute Gasteiger partial charge is 0.301 e. The van der Waals surface area contributed by atoms with Crippen LogP contribution < -0.4 is 0 Å². The van der Waals surface area contributed by atoms with Gasteiger partial charge in [-0.3, -0.25) is 9.11 Å². The fourth-order valence-electron chi connectivity index (χ4n) is 0. The highest BCUT2D eigenvalue weighted by Crippen LogP contribution is 2.35. The summed E-state index contributed by atoms with van der Waals surface area (Å²) in [5.41, 5.74) is 0. The molecule has 0 aliphatic rings. The van der Waals surface area contributed by atoms with Crippen molar-refractivity contribution in [3.05, 3.63) is 0 Å². The predicted octanol–water partition coefficient (Wildman–Crippen LogP) is -0.673. The number of rotatable bonds is 1. The molecule has 0 saturated carbocycles. The second-order valence-electron chi connectivity index (χ2n) is 1.01. The molecule has 11 heteroatoms. The normalized spacial score (nSPS) is 11.7. The monoisotopic (exact) mass is 214 g/mol. The molecule has 11 heavy (non-hydrogen) atoms. The SMILES string of the molecule is O=P(O)(O)OF.O=S(=O)(O)O. The fraction of sp³-hybridized carbons (Fsp3) is 0. The van der Waals surface area contributed by atoms with Crippen LogP contribution in [0, 0.1) is 0 Å². The highest BCUT2D eigenvalue weighted by molar-refractivity contribution is 7.79. The zero-order chi connectivity index (χ0) is 9.71. The molecule has 0 aromatic rings. The lowest BCUT2D eigenvalue weighted by Crippen LogP contribution is -1.89. The third-order valence-corrected chi connectivity index (χ3v) is 0.270. The fourth-order valence-corrected chi connectivity index (χ4v) is 0. The van der Waals surface area contributed by atoms with Crippen LogP contribution in [0.5, 0.6) is 0 Å². The molecule has 0 spiro atoms. The molecule has 4 N–H and O–H groups in total. The molecular weight excluding hydrogens is 210 g/mol. The van der Waals surface area contributed by atoms with Crippen molar-refractivity contribution in [2.75, 3.05) is 0 Å². The minimum atomic E-state index is -4.81. The lowest BCUT2D eigenvalue weighted by molar-refractivity contribution is -0.0389. The van der Waals surface area contributed by atoms with Gasteiger partial charge in [0.05, 0.1) is 0 Å². The summed E-state index contributed by atoms with van der Waals surface area (Å²) in [6.45, 7) is 0. The summed E-state index contributed by atoms with van der Waals surface area (Å²) in [5.74, 6) is 0. The molecule has 70 valence electrons. The molecule has 0 bridgehead atoms. The van der Waals surface area contributed by atoms with Crippen LogP contribution in [0.1, 0.15) is 0 Å². The number of halogens is 1. The van der Waals surface area contributed by atoms with E-state index in [2.05, 4.69) is 4.73 Å². The van der Waals surface area contributed by atoms with Crippen LogP contribution in [-0.2, 0) is 19.7 Å². The number of hydrogen-bond acceptors (Lipinski definition) is 4. The average molecular weight is 214 g/mol. The molecule has 0 aromatic carbocycles. The third-order valence-electron chi connectivity index (χ3n) is 0.0899. The summed E-state index contributed by atoms with van der Waals surface area (Å²) < 4.78 is 53.0. The van der Waals surface area contributed by atoms with Crippen molar-refractivity contribution >= 4 is 18.2 Å². The van der Waals surface area contributed by atoms with Gasteiger partial charge in [-0.25, -0.2) is 4.57 Å². The Bertz CT molecular complexity index is 212. The van der Waals surface area contributed by atoms with Crippen LogP contribution in [0.15, 0.2) is 0 Å². The molecule has 0 radical (unpaired) electrons. The van der Waals surface area contributed by atoms with Crippen molar-refractivity contribution in [2.45, 2.75) is 0 Å². The first-order valence-corrected chi connectivity index (χ1v) is 4.55. The Morgan fingerprint density at radius 3 is 1.36 bits per heavy atom. The van der Waals surface area contributed by atoms with Crippen molar-refractivity contribution in [1.82, 2.24) is 0 Å². The van der Waals surface area contributed by atoms with E-state index in [1.165, 1.54) is 0 Å². The lowest BCUT2D eigenvalue weighted by atomic mass is 15.6. The molecule has 0 fully saturated rings. The van der Waals surface area contributed by atoms with E-state index in [4.69, 9.17) is 31.9 Å². The second kappa shape index (κ2) is 4.72. The van der Waals surface area contributed by atoms with E-state index in [1.54, 1.807) is 0 Å². The van der Waals surface area contributed by atoms with Crippen molar-refractivity contribution in [3.63, 3.8) is 0 Å². The molecule has 0 rings (SSSR count). The van der Waals surface area contributed by atoms with Gasteiger partial charge in [0.15, 0.2) is 0 Å². The Kier molecular flexibility index (Phi) is 5.79. The number of phosphoric acid groups is 1. The van der Waals surface area contributed by atoms with Crippen molar-refractivity contribution in [3.8, 4) is 0 Å². The van der Waals surface area contributed by atoms with Gasteiger partial charge in [0.2, 0.25) is 0 Å². The first kappa shape index (κ1) is 13.5. The topological polar surface area (TPSA) is 141 Å². The maximum absolute atomic E-state index is 10.2. The first-order valence-electron chi connectivity index (χ1n) is 1.62. The molecule has 8 nitrogen and oxygen atoms in total. The number of hydrogen-bond donors (Lipinski definition) is 4. The van der Waals surface area contributed by atoms with Crippen LogP contribution >= 0.6 is 7.82 Å². The van der Waals surface area contributed by atoms with Crippen molar-refractivity contribution < 1.29 is 41.1 Å². The largest absolute Gasteiger partial charge is 0.500 e. The van der Waals surface area contributed by atoms with Crippen molar-refractivity contribution in [1.29, 1.82) is 0 Å². The van der Waals surface area contributed by atoms with Gasteiger partial charge in [0.25, 0.3) is 0 Å². The predicted molar refractivity (Wildman–Crippen MR) is 28.4 cm³/mol. The minimum Gasteiger partial charge on any atom is -0.301 e. The molecule has 0 atom stereocenters. The van der Waals surface area contributed by atoms with E-state index in [1.807, 2.05) is 0 Å². The molecule has 0 amide bonds. The summed E-state index contributed by atoms with van der Waals surface area (Å²) >= 11 is 0. The van der Waals surface area contributed by atoms with Gasteiger partial charge in [-0.1, -0.05) is 4.73 Å². The molecule has 0 aliphatic carbocycles. The third kappa shape index (κ3) is 73.2. The maximum atomic E-state index is 10.2. The van der Waals surface area contributed by atoms with Crippen molar-refractivity contribution in [2.24, 2.45) is 0 Å². The van der Waals surface area contributed by atoms with E-state index >= 15 is 0 Å². The quantitative estimate of drug-likeness (QED) is 0.332. The van der Waals surface area contributed by atoms with Crippen LogP contribution in [0.25, 0.3) is 0 Å². The first-order chi connectivity index (χ1) is 4.56. The highest BCUT2D eigenvalue weighted by Gasteiger charge is 2.12. The lowest BCUT2D eigenvalue weighted by Gasteiger charge is -1.87. The van der Waals surface area contributed by atoms with Gasteiger partial charge < -0.3 is 9.79 Å². The molecule has 0 aliphatic heterocycles. The van der Waals surface area contributed by atoms with E-state index in [0.717, 1.165) is 0 Å². The zero-order valence-electron chi connectivity index (χ0n) is 4.66. The molecule has 0 unspecified atom stereocenters. The summed E-state index contributed by atoms with van der Waals surface area (Å²) in [4.78, 5) is 14.7. The van der Waals surface area contributed by atoms with E-state index in [-0.39, 0.29) is 0 Å². The van der Waals surface area contributed by atoms with Gasteiger partial charge in [-0.15, -0.1) is 0 Å². The van der Waals surface area contributed by atoms with Crippen LogP contribution in [0.3, 0.4) is 0 Å². The standard InChI is InChI=1S/FH2O4P.H2O4S/c1-5-6(2,3)4;1-5(2,3)4/h(H2,2,3,4);(H2,1,2,3,4). The average Bonchev–Trinajstić information content (AvgIpc) is 1.59. The Labute approximate surface area is 60.3 Å². The Morgan fingerprint density at radius 1 is 1.27 bits per heavy atom. The van der Waals surface area contributed by atoms with Crippen LogP contribution in [0.2, 0.25) is 0 Å². The van der Waals surface area contributed by atoms with E-state index in [9.17, 15) is 4.53 Å². The van der Waals surface area contributed by atoms with Gasteiger partial charge >= 0.3 is 18.2 Å². The van der Waals surface area contributed by atoms with Gasteiger partial charge in [-0.2, -0.15) is 8.42 Å². The summed E-state index contributed by atoms with van der Waals surface area (Å²) in [6, 6.07) is 0. The van der Waals surface area contributed by atoms with E-state index in [0.29, 0.717) is 0 Å². The minimum absolute atomic E-state index is 2.10. The maximum Gasteiger partial charge on any atom is 0.500 e. The van der Waals surface area contributed by atoms with Gasteiger partial charge in [0.1, 0.15) is 0 Å². The summed E-state index contributed by atoms with van der Waals surface area (Å²) in [7, 11) is -9.48. The van der Waals surface area contributed by atoms with Crippen LogP contribution in [0.4, 0.5) is 4.53 Å². The van der Waals surface area contributed by atoms with Gasteiger partial charge in [-0.05, 0) is 4.53 Å². The zero-order valence-corrected chi connectivity index (χ0v) is 6.37. The second-order valence-corrected chi connectivity index (χ2v) is 3.02. The molecule has 0 heterocycles. The van der Waals surface area contributed by atoms with Crippen LogP contribution in [-0.4, -0.2) is 27.3 Å². The van der Waals surface area contributed by atoms with E-state index < -0.39 is 18.2 Å². The summed E-state index contributed by atoms with van der Waals surface area (Å²) in [6.07, 6.45) is 0. The summed E-state index contributed by atoms with van der Waals surface area (Å²) in [5, 5.41) is 0. The molecular formula is H4FO8PS. The molecule has 0 saturated heterocycles. The van der Waals surface area contributed by atoms with Gasteiger partial charge in [0, 0.05) is 0 Å².